The third-order valence-corrected chi connectivity index (χ3v) is 4.85. The van der Waals surface area contributed by atoms with Crippen molar-refractivity contribution < 1.29 is 17.9 Å². The van der Waals surface area contributed by atoms with E-state index in [9.17, 15) is 13.2 Å². The molecule has 0 radical (unpaired) electrons. The molecule has 116 valence electrons. The van der Waals surface area contributed by atoms with Gasteiger partial charge in [-0.25, -0.2) is 12.7 Å². The highest BCUT2D eigenvalue weighted by atomic mass is 32.2. The van der Waals surface area contributed by atoms with Gasteiger partial charge in [-0.05, 0) is 18.6 Å². The average molecular weight is 312 g/mol. The van der Waals surface area contributed by atoms with Crippen molar-refractivity contribution in [3.05, 3.63) is 29.8 Å². The SMILES string of the molecule is COc1ccccc1C(=O)N1CCCN(S(C)(=O)=O)CC1. The molecule has 0 unspecified atom stereocenters. The van der Waals surface area contributed by atoms with Crippen molar-refractivity contribution in [2.45, 2.75) is 6.42 Å². The maximum Gasteiger partial charge on any atom is 0.257 e. The van der Waals surface area contributed by atoms with Crippen LogP contribution in [0.5, 0.6) is 5.75 Å². The van der Waals surface area contributed by atoms with Crippen molar-refractivity contribution in [1.29, 1.82) is 0 Å². The zero-order chi connectivity index (χ0) is 15.5. The molecule has 21 heavy (non-hydrogen) atoms. The molecule has 1 aromatic rings. The predicted molar refractivity (Wildman–Crippen MR) is 79.9 cm³/mol. The number of nitrogens with zero attached hydrogens (tertiary/aromatic N) is 2. The molecule has 1 saturated heterocycles. The highest BCUT2D eigenvalue weighted by Gasteiger charge is 2.25. The number of carbonyl (C=O) groups excluding carboxylic acids is 1. The molecule has 1 aromatic carbocycles. The maximum atomic E-state index is 12.6. The quantitative estimate of drug-likeness (QED) is 0.828. The number of methoxy groups -OCH3 is 1. The fraction of sp³-hybridized carbons (Fsp3) is 0.500. The molecular weight excluding hydrogens is 292 g/mol. The number of ether oxygens (including phenoxy) is 1. The summed E-state index contributed by atoms with van der Waals surface area (Å²) in [5.74, 6) is 0.412. The van der Waals surface area contributed by atoms with Crippen LogP contribution < -0.4 is 4.74 Å². The fourth-order valence-electron chi connectivity index (χ4n) is 2.42. The van der Waals surface area contributed by atoms with E-state index in [2.05, 4.69) is 0 Å². The molecule has 0 spiro atoms. The Morgan fingerprint density at radius 2 is 1.86 bits per heavy atom. The van der Waals surface area contributed by atoms with E-state index in [1.54, 1.807) is 23.1 Å². The Balaban J connectivity index is 2.14. The molecule has 1 heterocycles. The van der Waals surface area contributed by atoms with E-state index < -0.39 is 10.0 Å². The van der Waals surface area contributed by atoms with E-state index in [0.717, 1.165) is 0 Å². The van der Waals surface area contributed by atoms with Crippen LogP contribution in [0.15, 0.2) is 24.3 Å². The summed E-state index contributed by atoms with van der Waals surface area (Å²) in [7, 11) is -1.68. The summed E-state index contributed by atoms with van der Waals surface area (Å²) in [5, 5.41) is 0. The number of para-hydroxylation sites is 1. The Hall–Kier alpha value is -1.60. The first kappa shape index (κ1) is 15.8. The van der Waals surface area contributed by atoms with Crippen LogP contribution >= 0.6 is 0 Å². The summed E-state index contributed by atoms with van der Waals surface area (Å²) in [6, 6.07) is 7.06. The van der Waals surface area contributed by atoms with Gasteiger partial charge in [0.05, 0.1) is 18.9 Å². The second-order valence-electron chi connectivity index (χ2n) is 5.01. The van der Waals surface area contributed by atoms with E-state index >= 15 is 0 Å². The first-order chi connectivity index (χ1) is 9.93. The van der Waals surface area contributed by atoms with Gasteiger partial charge in [0.1, 0.15) is 5.75 Å². The van der Waals surface area contributed by atoms with E-state index in [4.69, 9.17) is 4.74 Å². The molecule has 1 fully saturated rings. The minimum absolute atomic E-state index is 0.122. The van der Waals surface area contributed by atoms with Gasteiger partial charge in [-0.1, -0.05) is 12.1 Å². The Morgan fingerprint density at radius 3 is 2.52 bits per heavy atom. The lowest BCUT2D eigenvalue weighted by Gasteiger charge is -2.22. The standard InChI is InChI=1S/C14H20N2O4S/c1-20-13-7-4-3-6-12(13)14(17)15-8-5-9-16(11-10-15)21(2,18)19/h3-4,6-7H,5,8-11H2,1-2H3. The second kappa shape index (κ2) is 6.44. The molecule has 0 aromatic heterocycles. The Kier molecular flexibility index (Phi) is 4.84. The van der Waals surface area contributed by atoms with Crippen LogP contribution in [0.2, 0.25) is 0 Å². The van der Waals surface area contributed by atoms with Crippen LogP contribution in [0, 0.1) is 0 Å². The smallest absolute Gasteiger partial charge is 0.257 e. The number of rotatable bonds is 3. The van der Waals surface area contributed by atoms with Crippen molar-refractivity contribution in [3.8, 4) is 5.75 Å². The number of hydrogen-bond donors (Lipinski definition) is 0. The van der Waals surface area contributed by atoms with Crippen LogP contribution in [0.25, 0.3) is 0 Å². The summed E-state index contributed by atoms with van der Waals surface area (Å²) in [5.41, 5.74) is 0.507. The topological polar surface area (TPSA) is 66.9 Å². The summed E-state index contributed by atoms with van der Waals surface area (Å²) in [6.07, 6.45) is 1.83. The van der Waals surface area contributed by atoms with Gasteiger partial charge in [-0.15, -0.1) is 0 Å². The van der Waals surface area contributed by atoms with Gasteiger partial charge in [0, 0.05) is 26.2 Å². The lowest BCUT2D eigenvalue weighted by atomic mass is 10.1. The van der Waals surface area contributed by atoms with Crippen molar-refractivity contribution in [2.75, 3.05) is 39.5 Å². The molecule has 1 aliphatic rings. The largest absolute Gasteiger partial charge is 0.496 e. The molecule has 7 heteroatoms. The Labute approximate surface area is 125 Å². The molecule has 0 N–H and O–H groups in total. The predicted octanol–water partition coefficient (Wildman–Crippen LogP) is 0.803. The number of carbonyl (C=O) groups is 1. The fourth-order valence-corrected chi connectivity index (χ4v) is 3.29. The van der Waals surface area contributed by atoms with Crippen LogP contribution in [0.1, 0.15) is 16.8 Å². The third kappa shape index (κ3) is 3.74. The molecule has 1 amide bonds. The number of benzene rings is 1. The Bertz CT molecular complexity index is 615. The van der Waals surface area contributed by atoms with Gasteiger partial charge in [0.2, 0.25) is 10.0 Å². The van der Waals surface area contributed by atoms with Crippen LogP contribution in [-0.4, -0.2) is 63.1 Å². The van der Waals surface area contributed by atoms with Gasteiger partial charge in [-0.2, -0.15) is 0 Å². The van der Waals surface area contributed by atoms with Gasteiger partial charge in [0.25, 0.3) is 5.91 Å². The van der Waals surface area contributed by atoms with E-state index in [-0.39, 0.29) is 5.91 Å². The van der Waals surface area contributed by atoms with Crippen LogP contribution in [0.4, 0.5) is 0 Å². The summed E-state index contributed by atoms with van der Waals surface area (Å²) in [4.78, 5) is 14.3. The third-order valence-electron chi connectivity index (χ3n) is 3.55. The molecular formula is C14H20N2O4S. The molecule has 0 bridgehead atoms. The van der Waals surface area contributed by atoms with E-state index in [1.165, 1.54) is 17.7 Å². The summed E-state index contributed by atoms with van der Waals surface area (Å²) >= 11 is 0. The molecule has 0 saturated carbocycles. The summed E-state index contributed by atoms with van der Waals surface area (Å²) < 4.78 is 29.8. The highest BCUT2D eigenvalue weighted by Crippen LogP contribution is 2.20. The van der Waals surface area contributed by atoms with Crippen molar-refractivity contribution in [3.63, 3.8) is 0 Å². The lowest BCUT2D eigenvalue weighted by Crippen LogP contribution is -2.37. The van der Waals surface area contributed by atoms with Gasteiger partial charge in [0.15, 0.2) is 0 Å². The summed E-state index contributed by atoms with van der Waals surface area (Å²) in [6.45, 7) is 1.72. The van der Waals surface area contributed by atoms with Gasteiger partial charge in [-0.3, -0.25) is 4.79 Å². The number of hydrogen-bond acceptors (Lipinski definition) is 4. The highest BCUT2D eigenvalue weighted by molar-refractivity contribution is 7.88. The van der Waals surface area contributed by atoms with Crippen molar-refractivity contribution in [1.82, 2.24) is 9.21 Å². The zero-order valence-electron chi connectivity index (χ0n) is 12.3. The average Bonchev–Trinajstić information content (AvgIpc) is 2.72. The second-order valence-corrected chi connectivity index (χ2v) is 6.99. The monoisotopic (exact) mass is 312 g/mol. The normalized spacial score (nSPS) is 17.3. The molecule has 2 rings (SSSR count). The zero-order valence-corrected chi connectivity index (χ0v) is 13.1. The molecule has 1 aliphatic heterocycles. The number of sulfonamides is 1. The molecule has 0 aliphatic carbocycles. The van der Waals surface area contributed by atoms with E-state index in [0.29, 0.717) is 43.9 Å². The first-order valence-corrected chi connectivity index (χ1v) is 8.65. The Morgan fingerprint density at radius 1 is 1.14 bits per heavy atom. The minimum Gasteiger partial charge on any atom is -0.496 e. The van der Waals surface area contributed by atoms with Crippen molar-refractivity contribution >= 4 is 15.9 Å². The minimum atomic E-state index is -3.21. The first-order valence-electron chi connectivity index (χ1n) is 6.81. The lowest BCUT2D eigenvalue weighted by molar-refractivity contribution is 0.0761. The van der Waals surface area contributed by atoms with Crippen molar-refractivity contribution in [2.24, 2.45) is 0 Å². The van der Waals surface area contributed by atoms with Gasteiger partial charge < -0.3 is 9.64 Å². The van der Waals surface area contributed by atoms with Crippen LogP contribution in [0.3, 0.4) is 0 Å². The maximum absolute atomic E-state index is 12.6. The van der Waals surface area contributed by atoms with Gasteiger partial charge >= 0.3 is 0 Å². The van der Waals surface area contributed by atoms with Crippen LogP contribution in [-0.2, 0) is 10.0 Å². The molecule has 0 atom stereocenters. The molecule has 6 nitrogen and oxygen atoms in total. The van der Waals surface area contributed by atoms with E-state index in [1.807, 2.05) is 6.07 Å². The number of amides is 1.